The number of nitrogens with two attached hydrogens (primary N) is 1. The Morgan fingerprint density at radius 2 is 1.62 bits per heavy atom. The van der Waals surface area contributed by atoms with Gasteiger partial charge in [0.25, 0.3) is 0 Å². The van der Waals surface area contributed by atoms with Gasteiger partial charge in [0, 0.05) is 25.0 Å². The highest BCUT2D eigenvalue weighted by Gasteiger charge is 2.27. The van der Waals surface area contributed by atoms with Gasteiger partial charge in [-0.05, 0) is 55.5 Å². The van der Waals surface area contributed by atoms with E-state index in [1.165, 1.54) is 27.8 Å². The van der Waals surface area contributed by atoms with Crippen molar-refractivity contribution >= 4 is 0 Å². The molecule has 1 unspecified atom stereocenters. The van der Waals surface area contributed by atoms with Crippen LogP contribution >= 0.6 is 0 Å². The smallest absolute Gasteiger partial charge is 0.0353 e. The van der Waals surface area contributed by atoms with Crippen LogP contribution < -0.4 is 11.1 Å². The number of nitrogens with one attached hydrogen (secondary N) is 1. The highest BCUT2D eigenvalue weighted by Crippen LogP contribution is 2.31. The van der Waals surface area contributed by atoms with Gasteiger partial charge in [0.2, 0.25) is 0 Å². The molecule has 0 radical (unpaired) electrons. The van der Waals surface area contributed by atoms with Crippen LogP contribution in [0.3, 0.4) is 0 Å². The molecule has 2 heteroatoms. The molecule has 0 spiro atoms. The maximum Gasteiger partial charge on any atom is 0.0353 e. The van der Waals surface area contributed by atoms with Gasteiger partial charge in [-0.15, -0.1) is 0 Å². The average Bonchev–Trinajstić information content (AvgIpc) is 2.12. The molecule has 2 nitrogen and oxygen atoms in total. The zero-order chi connectivity index (χ0) is 11.9. The number of benzene rings is 1. The van der Waals surface area contributed by atoms with Crippen LogP contribution in [0, 0.1) is 33.6 Å². The molecule has 3 N–H and O–H groups in total. The van der Waals surface area contributed by atoms with Gasteiger partial charge in [-0.2, -0.15) is 0 Å². The van der Waals surface area contributed by atoms with E-state index in [1.54, 1.807) is 0 Å². The molecular weight excluding hydrogens is 196 g/mol. The van der Waals surface area contributed by atoms with Crippen LogP contribution in [-0.4, -0.2) is 13.1 Å². The van der Waals surface area contributed by atoms with Crippen molar-refractivity contribution in [2.75, 3.05) is 13.1 Å². The number of hydrogen-bond donors (Lipinski definition) is 2. The van der Waals surface area contributed by atoms with Crippen LogP contribution in [0.5, 0.6) is 0 Å². The van der Waals surface area contributed by atoms with E-state index < -0.39 is 0 Å². The van der Waals surface area contributed by atoms with Crippen molar-refractivity contribution in [1.82, 2.24) is 5.32 Å². The van der Waals surface area contributed by atoms with E-state index in [2.05, 4.69) is 39.1 Å². The van der Waals surface area contributed by atoms with E-state index in [1.807, 2.05) is 0 Å². The number of rotatable bonds is 2. The first-order chi connectivity index (χ1) is 7.52. The van der Waals surface area contributed by atoms with Crippen LogP contribution in [0.4, 0.5) is 0 Å². The molecule has 1 aliphatic heterocycles. The molecule has 1 saturated heterocycles. The Kier molecular flexibility index (Phi) is 3.04. The van der Waals surface area contributed by atoms with Gasteiger partial charge in [-0.25, -0.2) is 0 Å². The van der Waals surface area contributed by atoms with Crippen LogP contribution in [0.25, 0.3) is 0 Å². The molecule has 0 amide bonds. The van der Waals surface area contributed by atoms with Crippen LogP contribution in [0.1, 0.15) is 33.9 Å². The Hall–Kier alpha value is -0.860. The second-order valence-corrected chi connectivity index (χ2v) is 5.12. The summed E-state index contributed by atoms with van der Waals surface area (Å²) in [4.78, 5) is 0. The fraction of sp³-hybridized carbons (Fsp3) is 0.571. The van der Waals surface area contributed by atoms with Crippen LogP contribution in [0.2, 0.25) is 0 Å². The first-order valence-electron chi connectivity index (χ1n) is 6.06. The Labute approximate surface area is 98.2 Å². The lowest BCUT2D eigenvalue weighted by Gasteiger charge is -2.34. The van der Waals surface area contributed by atoms with Crippen molar-refractivity contribution in [2.24, 2.45) is 11.7 Å². The summed E-state index contributed by atoms with van der Waals surface area (Å²) in [7, 11) is 0. The number of hydrogen-bond acceptors (Lipinski definition) is 2. The van der Waals surface area contributed by atoms with E-state index in [0.29, 0.717) is 5.92 Å². The second kappa shape index (κ2) is 4.19. The molecule has 2 rings (SSSR count). The third kappa shape index (κ3) is 1.76. The Bertz CT molecular complexity index is 379. The van der Waals surface area contributed by atoms with Gasteiger partial charge in [-0.1, -0.05) is 6.07 Å². The standard InChI is InChI=1S/C14H22N2/c1-8-5-9(2)11(4)13(10(8)3)14(15)12-6-16-7-12/h5,12,14,16H,6-7,15H2,1-4H3. The van der Waals surface area contributed by atoms with Gasteiger partial charge < -0.3 is 11.1 Å². The van der Waals surface area contributed by atoms with Gasteiger partial charge in [-0.3, -0.25) is 0 Å². The molecule has 1 aromatic carbocycles. The van der Waals surface area contributed by atoms with E-state index in [4.69, 9.17) is 5.73 Å². The summed E-state index contributed by atoms with van der Waals surface area (Å²) in [6, 6.07) is 2.46. The normalized spacial score (nSPS) is 18.3. The highest BCUT2D eigenvalue weighted by molar-refractivity contribution is 5.46. The lowest BCUT2D eigenvalue weighted by atomic mass is 9.82. The van der Waals surface area contributed by atoms with Crippen molar-refractivity contribution in [1.29, 1.82) is 0 Å². The predicted molar refractivity (Wildman–Crippen MR) is 68.7 cm³/mol. The summed E-state index contributed by atoms with van der Waals surface area (Å²) in [5.41, 5.74) is 13.3. The summed E-state index contributed by atoms with van der Waals surface area (Å²) in [5.74, 6) is 0.610. The van der Waals surface area contributed by atoms with Crippen molar-refractivity contribution in [2.45, 2.75) is 33.7 Å². The van der Waals surface area contributed by atoms with Gasteiger partial charge in [0.1, 0.15) is 0 Å². The summed E-state index contributed by atoms with van der Waals surface area (Å²) in [5, 5.41) is 3.30. The minimum Gasteiger partial charge on any atom is -0.324 e. The van der Waals surface area contributed by atoms with Crippen molar-refractivity contribution in [3.63, 3.8) is 0 Å². The predicted octanol–water partition coefficient (Wildman–Crippen LogP) is 2.14. The molecule has 1 aromatic rings. The first kappa shape index (κ1) is 11.6. The molecule has 0 bridgehead atoms. The van der Waals surface area contributed by atoms with Crippen LogP contribution in [0.15, 0.2) is 6.07 Å². The molecule has 1 aliphatic rings. The Balaban J connectivity index is 2.45. The molecular formula is C14H22N2. The van der Waals surface area contributed by atoms with Gasteiger partial charge in [0.05, 0.1) is 0 Å². The van der Waals surface area contributed by atoms with Crippen molar-refractivity contribution in [3.8, 4) is 0 Å². The Morgan fingerprint density at radius 1 is 1.12 bits per heavy atom. The summed E-state index contributed by atoms with van der Waals surface area (Å²) in [6.45, 7) is 10.9. The van der Waals surface area contributed by atoms with E-state index in [0.717, 1.165) is 13.1 Å². The topological polar surface area (TPSA) is 38.0 Å². The molecule has 1 heterocycles. The Morgan fingerprint density at radius 3 is 2.00 bits per heavy atom. The van der Waals surface area contributed by atoms with Gasteiger partial charge in [0.15, 0.2) is 0 Å². The molecule has 16 heavy (non-hydrogen) atoms. The fourth-order valence-corrected chi connectivity index (χ4v) is 2.55. The fourth-order valence-electron chi connectivity index (χ4n) is 2.55. The largest absolute Gasteiger partial charge is 0.324 e. The molecule has 0 aliphatic carbocycles. The molecule has 0 aromatic heterocycles. The monoisotopic (exact) mass is 218 g/mol. The quantitative estimate of drug-likeness (QED) is 0.798. The zero-order valence-electron chi connectivity index (χ0n) is 10.7. The number of aryl methyl sites for hydroxylation is 2. The van der Waals surface area contributed by atoms with Crippen molar-refractivity contribution < 1.29 is 0 Å². The second-order valence-electron chi connectivity index (χ2n) is 5.12. The third-order valence-electron chi connectivity index (χ3n) is 4.08. The van der Waals surface area contributed by atoms with Crippen molar-refractivity contribution in [3.05, 3.63) is 33.9 Å². The summed E-state index contributed by atoms with van der Waals surface area (Å²) < 4.78 is 0. The maximum atomic E-state index is 6.40. The van der Waals surface area contributed by atoms with E-state index in [-0.39, 0.29) is 6.04 Å². The minimum absolute atomic E-state index is 0.194. The van der Waals surface area contributed by atoms with Crippen LogP contribution in [-0.2, 0) is 0 Å². The maximum absolute atomic E-state index is 6.40. The summed E-state index contributed by atoms with van der Waals surface area (Å²) >= 11 is 0. The molecule has 0 saturated carbocycles. The lowest BCUT2D eigenvalue weighted by molar-refractivity contribution is 0.293. The lowest BCUT2D eigenvalue weighted by Crippen LogP contribution is -2.48. The minimum atomic E-state index is 0.194. The molecule has 88 valence electrons. The first-order valence-corrected chi connectivity index (χ1v) is 6.06. The molecule has 1 fully saturated rings. The summed E-state index contributed by atoms with van der Waals surface area (Å²) in [6.07, 6.45) is 0. The SMILES string of the molecule is Cc1cc(C)c(C)c(C(N)C2CNC2)c1C. The third-order valence-corrected chi connectivity index (χ3v) is 4.08. The average molecular weight is 218 g/mol. The highest BCUT2D eigenvalue weighted by atomic mass is 15.0. The molecule has 1 atom stereocenters. The van der Waals surface area contributed by atoms with E-state index >= 15 is 0 Å². The zero-order valence-corrected chi connectivity index (χ0v) is 10.7. The van der Waals surface area contributed by atoms with Gasteiger partial charge >= 0.3 is 0 Å². The van der Waals surface area contributed by atoms with E-state index in [9.17, 15) is 0 Å².